The molecule has 0 aliphatic heterocycles. The zero-order chi connectivity index (χ0) is 48.2. The van der Waals surface area contributed by atoms with E-state index in [1.165, 1.54) is 19.1 Å². The summed E-state index contributed by atoms with van der Waals surface area (Å²) in [7, 11) is 0. The van der Waals surface area contributed by atoms with Gasteiger partial charge in [0.05, 0.1) is 6.42 Å². The molecule has 18 heteroatoms. The second-order valence-electron chi connectivity index (χ2n) is 17.8. The number of alkyl carbamates (subject to hydrolysis) is 1. The highest BCUT2D eigenvalue weighted by molar-refractivity contribution is 5.99. The standard InChI is InChI=1S/C48H61N7O11/c1-28(2)24-37(53-44(63)47(3,21-11-16-40(58)59)55-46(65)66-27-35-33-14-7-5-12-31(33)32-13-6-8-15-34(32)35)42(61)51-38(25-29-17-19-30(56)20-18-29)43(62)54-48(22-9-4-10-23-48)45(64)52-36(41(50)60)26-39(49)57/h5-8,12-15,17-20,28,35-38,56H,4,9-11,16,21-27H2,1-3H3,(H2,49,57)(H2,50,60)(H,51,61)(H,52,64)(H,53,63)(H,54,62)(H,55,65)(H,58,59)/t36-,37-,38-,47+/m0/s1. The predicted molar refractivity (Wildman–Crippen MR) is 242 cm³/mol. The number of hydrogen-bond donors (Lipinski definition) is 9. The number of carboxylic acids is 1. The first kappa shape index (κ1) is 50.0. The fraction of sp³-hybridized carbons (Fsp3) is 0.458. The van der Waals surface area contributed by atoms with Crippen LogP contribution in [0.4, 0.5) is 4.79 Å². The van der Waals surface area contributed by atoms with Gasteiger partial charge in [-0.05, 0) is 84.9 Å². The number of aromatic hydroxyl groups is 1. The van der Waals surface area contributed by atoms with E-state index in [1.807, 2.05) is 62.4 Å². The second-order valence-corrected chi connectivity index (χ2v) is 17.8. The molecule has 18 nitrogen and oxygen atoms in total. The summed E-state index contributed by atoms with van der Waals surface area (Å²) in [5.41, 5.74) is 11.9. The molecular weight excluding hydrogens is 851 g/mol. The Morgan fingerprint density at radius 2 is 1.39 bits per heavy atom. The number of phenolic OH excluding ortho intramolecular Hbond substituents is 1. The lowest BCUT2D eigenvalue weighted by Gasteiger charge is -2.38. The van der Waals surface area contributed by atoms with Crippen molar-refractivity contribution in [3.8, 4) is 16.9 Å². The summed E-state index contributed by atoms with van der Waals surface area (Å²) in [5.74, 6) is -6.61. The summed E-state index contributed by atoms with van der Waals surface area (Å²) >= 11 is 0. The van der Waals surface area contributed by atoms with Crippen molar-refractivity contribution >= 4 is 47.5 Å². The Bertz CT molecular complexity index is 2230. The topological polar surface area (TPSA) is 298 Å². The third-order valence-electron chi connectivity index (χ3n) is 12.2. The van der Waals surface area contributed by atoms with Gasteiger partial charge in [-0.2, -0.15) is 0 Å². The highest BCUT2D eigenvalue weighted by Gasteiger charge is 2.44. The highest BCUT2D eigenvalue weighted by atomic mass is 16.5. The van der Waals surface area contributed by atoms with Gasteiger partial charge in [-0.15, -0.1) is 0 Å². The van der Waals surface area contributed by atoms with E-state index >= 15 is 0 Å². The number of rotatable bonds is 22. The number of nitrogens with two attached hydrogens (primary N) is 2. The van der Waals surface area contributed by atoms with Gasteiger partial charge in [0, 0.05) is 18.8 Å². The summed E-state index contributed by atoms with van der Waals surface area (Å²) < 4.78 is 5.75. The van der Waals surface area contributed by atoms with Gasteiger partial charge in [-0.1, -0.05) is 93.8 Å². The predicted octanol–water partition coefficient (Wildman–Crippen LogP) is 3.17. The summed E-state index contributed by atoms with van der Waals surface area (Å²) in [6, 6.07) is 17.4. The van der Waals surface area contributed by atoms with Crippen molar-refractivity contribution in [1.82, 2.24) is 26.6 Å². The van der Waals surface area contributed by atoms with Crippen LogP contribution in [0.25, 0.3) is 11.1 Å². The first-order valence-electron chi connectivity index (χ1n) is 22.3. The molecular formula is C48H61N7O11. The smallest absolute Gasteiger partial charge is 0.408 e. The summed E-state index contributed by atoms with van der Waals surface area (Å²) in [6.07, 6.45) is 0.107. The minimum absolute atomic E-state index is 0.0170. The number of carbonyl (C=O) groups excluding carboxylic acids is 7. The van der Waals surface area contributed by atoms with Crippen LogP contribution >= 0.6 is 0 Å². The van der Waals surface area contributed by atoms with Crippen LogP contribution in [0.1, 0.15) is 108 Å². The number of amides is 7. The van der Waals surface area contributed by atoms with Crippen molar-refractivity contribution in [1.29, 1.82) is 0 Å². The number of nitrogens with one attached hydrogen (secondary N) is 5. The minimum atomic E-state index is -1.77. The number of carbonyl (C=O) groups is 8. The Hall–Kier alpha value is -6.98. The van der Waals surface area contributed by atoms with Crippen LogP contribution in [0, 0.1) is 5.92 Å². The SMILES string of the molecule is CC(C)C[C@H](NC(=O)[C@@](C)(CCCC(=O)O)NC(=O)OCC1c2ccccc2-c2ccccc21)C(=O)N[C@@H](Cc1ccc(O)cc1)C(=O)NC1(C(=O)N[C@@H](CC(N)=O)C(N)=O)CCCCC1. The molecule has 7 amide bonds. The van der Waals surface area contributed by atoms with Crippen LogP contribution in [0.5, 0.6) is 5.75 Å². The number of benzene rings is 3. The van der Waals surface area contributed by atoms with Crippen LogP contribution in [0.2, 0.25) is 0 Å². The van der Waals surface area contributed by atoms with Gasteiger partial charge >= 0.3 is 12.1 Å². The van der Waals surface area contributed by atoms with Crippen molar-refractivity contribution in [2.75, 3.05) is 6.61 Å². The average Bonchev–Trinajstić information content (AvgIpc) is 3.58. The number of phenols is 1. The van der Waals surface area contributed by atoms with E-state index in [1.54, 1.807) is 12.1 Å². The Morgan fingerprint density at radius 3 is 1.95 bits per heavy atom. The zero-order valence-corrected chi connectivity index (χ0v) is 37.5. The van der Waals surface area contributed by atoms with Gasteiger partial charge in [0.2, 0.25) is 35.4 Å². The molecule has 2 aliphatic carbocycles. The fourth-order valence-corrected chi connectivity index (χ4v) is 8.66. The van der Waals surface area contributed by atoms with Crippen molar-refractivity contribution in [3.05, 3.63) is 89.5 Å². The lowest BCUT2D eigenvalue weighted by Crippen LogP contribution is -2.66. The quantitative estimate of drug-likeness (QED) is 0.0706. The monoisotopic (exact) mass is 911 g/mol. The van der Waals surface area contributed by atoms with Gasteiger partial charge in [0.15, 0.2) is 0 Å². The van der Waals surface area contributed by atoms with E-state index in [9.17, 15) is 48.6 Å². The maximum Gasteiger partial charge on any atom is 0.408 e. The van der Waals surface area contributed by atoms with Crippen molar-refractivity contribution < 1.29 is 53.3 Å². The van der Waals surface area contributed by atoms with Crippen LogP contribution < -0.4 is 38.1 Å². The number of primary amides is 2. The van der Waals surface area contributed by atoms with Crippen molar-refractivity contribution in [2.24, 2.45) is 17.4 Å². The molecule has 0 aromatic heterocycles. The first-order chi connectivity index (χ1) is 31.3. The minimum Gasteiger partial charge on any atom is -0.508 e. The molecule has 0 spiro atoms. The molecule has 4 atom stereocenters. The van der Waals surface area contributed by atoms with Crippen LogP contribution in [-0.2, 0) is 44.7 Å². The lowest BCUT2D eigenvalue weighted by atomic mass is 9.80. The van der Waals surface area contributed by atoms with E-state index in [2.05, 4.69) is 26.6 Å². The maximum absolute atomic E-state index is 14.4. The van der Waals surface area contributed by atoms with E-state index in [-0.39, 0.29) is 69.1 Å². The summed E-state index contributed by atoms with van der Waals surface area (Å²) in [6.45, 7) is 4.99. The van der Waals surface area contributed by atoms with Gasteiger partial charge in [-0.3, -0.25) is 33.6 Å². The molecule has 0 unspecified atom stereocenters. The first-order valence-corrected chi connectivity index (χ1v) is 22.3. The van der Waals surface area contributed by atoms with Crippen LogP contribution in [0.15, 0.2) is 72.8 Å². The zero-order valence-electron chi connectivity index (χ0n) is 37.5. The summed E-state index contributed by atoms with van der Waals surface area (Å²) in [4.78, 5) is 106. The molecule has 0 heterocycles. The van der Waals surface area contributed by atoms with Gasteiger partial charge in [-0.25, -0.2) is 4.79 Å². The number of carboxylic acid groups (broad SMARTS) is 1. The largest absolute Gasteiger partial charge is 0.508 e. The molecule has 3 aromatic rings. The van der Waals surface area contributed by atoms with Crippen molar-refractivity contribution in [3.63, 3.8) is 0 Å². The molecule has 1 fully saturated rings. The summed E-state index contributed by atoms with van der Waals surface area (Å²) in [5, 5.41) is 32.8. The van der Waals surface area contributed by atoms with E-state index < -0.39 is 83.1 Å². The molecule has 1 saturated carbocycles. The highest BCUT2D eigenvalue weighted by Crippen LogP contribution is 2.44. The molecule has 3 aromatic carbocycles. The Balaban J connectivity index is 1.37. The Morgan fingerprint density at radius 1 is 0.788 bits per heavy atom. The van der Waals surface area contributed by atoms with E-state index in [0.717, 1.165) is 28.7 Å². The molecule has 11 N–H and O–H groups in total. The second kappa shape index (κ2) is 22.3. The van der Waals surface area contributed by atoms with Gasteiger partial charge < -0.3 is 53.0 Å². The van der Waals surface area contributed by atoms with E-state index in [4.69, 9.17) is 16.2 Å². The Labute approximate surface area is 383 Å². The third kappa shape index (κ3) is 13.1. The average molecular weight is 912 g/mol. The third-order valence-corrected chi connectivity index (χ3v) is 12.2. The molecule has 5 rings (SSSR count). The van der Waals surface area contributed by atoms with Crippen molar-refractivity contribution in [2.45, 2.75) is 127 Å². The van der Waals surface area contributed by atoms with Crippen LogP contribution in [-0.4, -0.2) is 93.5 Å². The van der Waals surface area contributed by atoms with Gasteiger partial charge in [0.1, 0.15) is 41.6 Å². The normalized spacial score (nSPS) is 16.2. The molecule has 0 radical (unpaired) electrons. The number of hydrogen-bond acceptors (Lipinski definition) is 10. The van der Waals surface area contributed by atoms with Gasteiger partial charge in [0.25, 0.3) is 0 Å². The number of aliphatic carboxylic acids is 1. The molecule has 2 aliphatic rings. The molecule has 66 heavy (non-hydrogen) atoms. The Kier molecular flexibility index (Phi) is 16.9. The molecule has 0 bridgehead atoms. The number of ether oxygens (including phenoxy) is 1. The molecule has 0 saturated heterocycles. The number of fused-ring (bicyclic) bond motifs is 3. The lowest BCUT2D eigenvalue weighted by molar-refractivity contribution is -0.139. The van der Waals surface area contributed by atoms with E-state index in [0.29, 0.717) is 18.4 Å². The fourth-order valence-electron chi connectivity index (χ4n) is 8.66. The van der Waals surface area contributed by atoms with Crippen LogP contribution in [0.3, 0.4) is 0 Å². The molecule has 354 valence electrons. The maximum atomic E-state index is 14.4.